The number of benzene rings is 3. The van der Waals surface area contributed by atoms with Crippen molar-refractivity contribution in [2.75, 3.05) is 13.2 Å². The smallest absolute Gasteiger partial charge is 0.307 e. The van der Waals surface area contributed by atoms with Crippen molar-refractivity contribution >= 4 is 11.9 Å². The molecule has 4 rings (SSSR count). The number of carbonyl (C=O) groups excluding carboxylic acids is 1. The molecule has 0 fully saturated rings. The van der Waals surface area contributed by atoms with Crippen LogP contribution in [0, 0.1) is 11.6 Å². The topological polar surface area (TPSA) is 66.8 Å². The fourth-order valence-corrected chi connectivity index (χ4v) is 4.75. The summed E-state index contributed by atoms with van der Waals surface area (Å²) in [5.41, 5.74) is 4.17. The number of ether oxygens (including phenoxy) is 1. The first-order chi connectivity index (χ1) is 17.3. The summed E-state index contributed by atoms with van der Waals surface area (Å²) >= 11 is 0. The quantitative estimate of drug-likeness (QED) is 0.435. The van der Waals surface area contributed by atoms with E-state index in [0.717, 1.165) is 11.1 Å². The lowest BCUT2D eigenvalue weighted by atomic mass is 9.89. The molecule has 1 heterocycles. The van der Waals surface area contributed by atoms with Crippen molar-refractivity contribution in [3.63, 3.8) is 0 Å². The Balaban J connectivity index is 1.65. The molecule has 0 saturated heterocycles. The highest BCUT2D eigenvalue weighted by Crippen LogP contribution is 2.38. The third kappa shape index (κ3) is 5.56. The van der Waals surface area contributed by atoms with Crippen LogP contribution in [-0.2, 0) is 29.0 Å². The number of halogens is 2. The molecular weight excluding hydrogens is 464 g/mol. The molecule has 0 unspecified atom stereocenters. The molecular formula is C29H29F2NO4. The van der Waals surface area contributed by atoms with E-state index in [1.807, 2.05) is 13.8 Å². The molecule has 36 heavy (non-hydrogen) atoms. The first-order valence-electron chi connectivity index (χ1n) is 12.1. The average molecular weight is 494 g/mol. The summed E-state index contributed by atoms with van der Waals surface area (Å²) < 4.78 is 33.9. The second-order valence-electron chi connectivity index (χ2n) is 9.11. The van der Waals surface area contributed by atoms with Crippen LogP contribution in [0.3, 0.4) is 0 Å². The zero-order valence-corrected chi connectivity index (χ0v) is 20.4. The first-order valence-corrected chi connectivity index (χ1v) is 12.1. The number of fused-ring (bicyclic) bond motifs is 1. The second-order valence-corrected chi connectivity index (χ2v) is 9.11. The van der Waals surface area contributed by atoms with E-state index in [1.54, 1.807) is 41.3 Å². The summed E-state index contributed by atoms with van der Waals surface area (Å²) in [6, 6.07) is 14.5. The minimum absolute atomic E-state index is 0.0580. The summed E-state index contributed by atoms with van der Waals surface area (Å²) in [6.45, 7) is 4.85. The number of hydrogen-bond donors (Lipinski definition) is 1. The van der Waals surface area contributed by atoms with Gasteiger partial charge in [0.1, 0.15) is 17.4 Å². The average Bonchev–Trinajstić information content (AvgIpc) is 2.85. The molecule has 7 heteroatoms. The van der Waals surface area contributed by atoms with Gasteiger partial charge in [0, 0.05) is 25.1 Å². The number of amides is 1. The molecule has 0 radical (unpaired) electrons. The van der Waals surface area contributed by atoms with Crippen molar-refractivity contribution in [2.45, 2.75) is 45.6 Å². The van der Waals surface area contributed by atoms with Crippen LogP contribution in [0.25, 0.3) is 11.1 Å². The van der Waals surface area contributed by atoms with Crippen LogP contribution in [0.4, 0.5) is 8.78 Å². The Morgan fingerprint density at radius 2 is 1.78 bits per heavy atom. The monoisotopic (exact) mass is 493 g/mol. The molecule has 3 aromatic carbocycles. The molecule has 1 amide bonds. The van der Waals surface area contributed by atoms with Gasteiger partial charge in [0.2, 0.25) is 5.91 Å². The van der Waals surface area contributed by atoms with Crippen molar-refractivity contribution in [3.05, 3.63) is 88.5 Å². The predicted octanol–water partition coefficient (Wildman–Crippen LogP) is 5.74. The van der Waals surface area contributed by atoms with Gasteiger partial charge in [-0.15, -0.1) is 0 Å². The van der Waals surface area contributed by atoms with Gasteiger partial charge in [-0.25, -0.2) is 8.78 Å². The van der Waals surface area contributed by atoms with Crippen molar-refractivity contribution in [3.8, 4) is 16.9 Å². The summed E-state index contributed by atoms with van der Waals surface area (Å²) in [5.74, 6) is -1.16. The van der Waals surface area contributed by atoms with Gasteiger partial charge in [0.15, 0.2) is 0 Å². The molecule has 3 aromatic rings. The Labute approximate surface area is 209 Å². The van der Waals surface area contributed by atoms with Crippen molar-refractivity contribution < 1.29 is 28.2 Å². The van der Waals surface area contributed by atoms with Gasteiger partial charge < -0.3 is 14.7 Å². The van der Waals surface area contributed by atoms with Crippen LogP contribution in [0.5, 0.6) is 5.75 Å². The van der Waals surface area contributed by atoms with Crippen molar-refractivity contribution in [1.29, 1.82) is 0 Å². The minimum atomic E-state index is -0.946. The molecule has 0 aliphatic carbocycles. The van der Waals surface area contributed by atoms with E-state index in [9.17, 15) is 23.5 Å². The van der Waals surface area contributed by atoms with Crippen LogP contribution in [-0.4, -0.2) is 35.0 Å². The van der Waals surface area contributed by atoms with Gasteiger partial charge in [0.05, 0.1) is 13.0 Å². The minimum Gasteiger partial charge on any atom is -0.493 e. The number of hydrogen-bond acceptors (Lipinski definition) is 3. The third-order valence-electron chi connectivity index (χ3n) is 6.62. The summed E-state index contributed by atoms with van der Waals surface area (Å²) in [6.07, 6.45) is 0.489. The Bertz CT molecular complexity index is 1270. The molecule has 5 nitrogen and oxygen atoms in total. The number of rotatable bonds is 8. The van der Waals surface area contributed by atoms with Gasteiger partial charge >= 0.3 is 5.97 Å². The lowest BCUT2D eigenvalue weighted by Crippen LogP contribution is -2.37. The number of nitrogens with zero attached hydrogens (tertiary/aromatic N) is 1. The molecule has 0 saturated carbocycles. The Morgan fingerprint density at radius 3 is 2.47 bits per heavy atom. The maximum Gasteiger partial charge on any atom is 0.307 e. The van der Waals surface area contributed by atoms with Gasteiger partial charge in [-0.05, 0) is 77.4 Å². The van der Waals surface area contributed by atoms with Crippen LogP contribution in [0.2, 0.25) is 0 Å². The zero-order chi connectivity index (χ0) is 25.8. The Kier molecular flexibility index (Phi) is 7.67. The highest BCUT2D eigenvalue weighted by molar-refractivity contribution is 5.80. The molecule has 0 aromatic heterocycles. The molecule has 1 N–H and O–H groups in total. The molecule has 188 valence electrons. The molecule has 1 aliphatic heterocycles. The van der Waals surface area contributed by atoms with Crippen LogP contribution in [0.1, 0.15) is 48.4 Å². The van der Waals surface area contributed by atoms with Crippen LogP contribution >= 0.6 is 0 Å². The Hall–Kier alpha value is -3.74. The van der Waals surface area contributed by atoms with Crippen molar-refractivity contribution in [1.82, 2.24) is 4.90 Å². The summed E-state index contributed by atoms with van der Waals surface area (Å²) in [4.78, 5) is 26.2. The van der Waals surface area contributed by atoms with Gasteiger partial charge in [-0.1, -0.05) is 31.2 Å². The largest absolute Gasteiger partial charge is 0.493 e. The highest BCUT2D eigenvalue weighted by atomic mass is 19.1. The van der Waals surface area contributed by atoms with Crippen molar-refractivity contribution in [2.24, 2.45) is 0 Å². The maximum atomic E-state index is 14.8. The number of aliphatic carboxylic acids is 1. The molecule has 0 bridgehead atoms. The standard InChI is InChI=1S/C29H29F2NO4/c1-3-36-27-11-4-19(16-29(34)35)15-24(27)22-9-10-26(31)23-12-13-32(17-25(22)23)28(33)14-18(2)20-5-7-21(30)8-6-20/h4-11,15,18H,3,12-14,16-17H2,1-2H3,(H,34,35)/t18-/m0/s1. The van der Waals surface area contributed by atoms with Gasteiger partial charge in [-0.3, -0.25) is 9.59 Å². The van der Waals surface area contributed by atoms with E-state index >= 15 is 0 Å². The molecule has 1 aliphatic rings. The van der Waals surface area contributed by atoms with E-state index in [0.29, 0.717) is 47.6 Å². The molecule has 0 spiro atoms. The van der Waals surface area contributed by atoms with Crippen LogP contribution < -0.4 is 4.74 Å². The van der Waals surface area contributed by atoms with Gasteiger partial charge in [-0.2, -0.15) is 0 Å². The second kappa shape index (κ2) is 10.9. The van der Waals surface area contributed by atoms with E-state index in [-0.39, 0.29) is 42.8 Å². The SMILES string of the molecule is CCOc1ccc(CC(=O)O)cc1-c1ccc(F)c2c1CN(C(=O)C[C@H](C)c1ccc(F)cc1)CC2. The fraction of sp³-hybridized carbons (Fsp3) is 0.310. The van der Waals surface area contributed by atoms with E-state index in [4.69, 9.17) is 4.74 Å². The van der Waals surface area contributed by atoms with E-state index in [1.165, 1.54) is 18.2 Å². The number of carboxylic acids is 1. The predicted molar refractivity (Wildman–Crippen MR) is 133 cm³/mol. The molecule has 1 atom stereocenters. The first kappa shape index (κ1) is 25.4. The zero-order valence-electron chi connectivity index (χ0n) is 20.4. The highest BCUT2D eigenvalue weighted by Gasteiger charge is 2.27. The van der Waals surface area contributed by atoms with E-state index in [2.05, 4.69) is 0 Å². The normalized spacial score (nSPS) is 13.7. The lowest BCUT2D eigenvalue weighted by Gasteiger charge is -2.32. The maximum absolute atomic E-state index is 14.8. The Morgan fingerprint density at radius 1 is 1.03 bits per heavy atom. The lowest BCUT2D eigenvalue weighted by molar-refractivity contribution is -0.136. The third-order valence-corrected chi connectivity index (χ3v) is 6.62. The summed E-state index contributed by atoms with van der Waals surface area (Å²) in [5, 5.41) is 9.25. The number of carboxylic acid groups (broad SMARTS) is 1. The fourth-order valence-electron chi connectivity index (χ4n) is 4.75. The van der Waals surface area contributed by atoms with Gasteiger partial charge in [0.25, 0.3) is 0 Å². The number of carbonyl (C=O) groups is 2. The summed E-state index contributed by atoms with van der Waals surface area (Å²) in [7, 11) is 0. The van der Waals surface area contributed by atoms with Crippen LogP contribution in [0.15, 0.2) is 54.6 Å². The van der Waals surface area contributed by atoms with E-state index < -0.39 is 5.97 Å².